The Hall–Kier alpha value is -2.08. The van der Waals surface area contributed by atoms with Gasteiger partial charge in [-0.1, -0.05) is 12.1 Å². The average molecular weight is 305 g/mol. The van der Waals surface area contributed by atoms with E-state index in [1.165, 1.54) is 0 Å². The van der Waals surface area contributed by atoms with Crippen molar-refractivity contribution in [3.8, 4) is 5.75 Å². The van der Waals surface area contributed by atoms with Crippen LogP contribution in [0, 0.1) is 0 Å². The van der Waals surface area contributed by atoms with Crippen molar-refractivity contribution in [2.75, 3.05) is 26.7 Å². The van der Waals surface area contributed by atoms with Gasteiger partial charge in [0.15, 0.2) is 0 Å². The normalized spacial score (nSPS) is 19.0. The molecule has 1 aliphatic heterocycles. The van der Waals surface area contributed by atoms with Gasteiger partial charge in [0.1, 0.15) is 5.75 Å². The number of hydrogen-bond acceptors (Lipinski definition) is 4. The second kappa shape index (κ2) is 7.26. The van der Waals surface area contributed by atoms with Gasteiger partial charge in [-0.25, -0.2) is 0 Å². The summed E-state index contributed by atoms with van der Waals surface area (Å²) in [6, 6.07) is 7.82. The molecule has 0 spiro atoms. The van der Waals surface area contributed by atoms with E-state index in [1.54, 1.807) is 18.9 Å². The number of nitrogens with two attached hydrogens (primary N) is 1. The Morgan fingerprint density at radius 2 is 2.14 bits per heavy atom. The van der Waals surface area contributed by atoms with Crippen LogP contribution in [0.2, 0.25) is 0 Å². The largest absolute Gasteiger partial charge is 0.497 e. The number of nitrogens with zero attached hydrogens (tertiary/aromatic N) is 2. The zero-order valence-corrected chi connectivity index (χ0v) is 13.1. The summed E-state index contributed by atoms with van der Waals surface area (Å²) >= 11 is 0. The average Bonchev–Trinajstić information content (AvgIpc) is 2.48. The molecule has 0 aliphatic carbocycles. The van der Waals surface area contributed by atoms with Gasteiger partial charge < -0.3 is 15.4 Å². The molecular weight excluding hydrogens is 282 g/mol. The van der Waals surface area contributed by atoms with E-state index >= 15 is 0 Å². The van der Waals surface area contributed by atoms with Crippen molar-refractivity contribution >= 4 is 11.8 Å². The summed E-state index contributed by atoms with van der Waals surface area (Å²) in [4.78, 5) is 26.8. The van der Waals surface area contributed by atoms with Gasteiger partial charge >= 0.3 is 0 Å². The van der Waals surface area contributed by atoms with Crippen LogP contribution in [0.15, 0.2) is 24.3 Å². The molecule has 1 unspecified atom stereocenters. The van der Waals surface area contributed by atoms with Gasteiger partial charge in [0, 0.05) is 45.6 Å². The maximum Gasteiger partial charge on any atom is 0.219 e. The number of hydrogen-bond donors (Lipinski definition) is 1. The van der Waals surface area contributed by atoms with Crippen LogP contribution in [0.3, 0.4) is 0 Å². The molecule has 1 aromatic carbocycles. The second-order valence-electron chi connectivity index (χ2n) is 5.61. The van der Waals surface area contributed by atoms with Gasteiger partial charge in [-0.15, -0.1) is 0 Å². The molecule has 1 aliphatic rings. The smallest absolute Gasteiger partial charge is 0.219 e. The highest BCUT2D eigenvalue weighted by molar-refractivity contribution is 5.75. The third kappa shape index (κ3) is 4.21. The van der Waals surface area contributed by atoms with Crippen LogP contribution >= 0.6 is 0 Å². The van der Waals surface area contributed by atoms with Gasteiger partial charge in [0.25, 0.3) is 0 Å². The Balaban J connectivity index is 2.09. The van der Waals surface area contributed by atoms with Crippen LogP contribution in [-0.2, 0) is 16.1 Å². The van der Waals surface area contributed by atoms with E-state index in [-0.39, 0.29) is 24.3 Å². The van der Waals surface area contributed by atoms with Crippen molar-refractivity contribution < 1.29 is 14.3 Å². The quantitative estimate of drug-likeness (QED) is 0.864. The predicted octanol–water partition coefficient (Wildman–Crippen LogP) is 0.603. The Kier molecular flexibility index (Phi) is 5.38. The summed E-state index contributed by atoms with van der Waals surface area (Å²) in [5.41, 5.74) is 6.47. The van der Waals surface area contributed by atoms with E-state index in [1.807, 2.05) is 24.3 Å². The molecule has 1 atom stereocenters. The molecular formula is C16H23N3O3. The maximum absolute atomic E-state index is 11.6. The molecule has 22 heavy (non-hydrogen) atoms. The first-order valence-corrected chi connectivity index (χ1v) is 7.40. The summed E-state index contributed by atoms with van der Waals surface area (Å²) < 4.78 is 5.24. The van der Waals surface area contributed by atoms with Crippen LogP contribution in [0.4, 0.5) is 0 Å². The number of benzene rings is 1. The zero-order chi connectivity index (χ0) is 16.1. The fraction of sp³-hybridized carbons (Fsp3) is 0.500. The fourth-order valence-corrected chi connectivity index (χ4v) is 2.82. The molecule has 1 saturated heterocycles. The minimum Gasteiger partial charge on any atom is -0.497 e. The predicted molar refractivity (Wildman–Crippen MR) is 83.3 cm³/mol. The lowest BCUT2D eigenvalue weighted by Crippen LogP contribution is -2.54. The van der Waals surface area contributed by atoms with Crippen molar-refractivity contribution in [3.63, 3.8) is 0 Å². The van der Waals surface area contributed by atoms with Gasteiger partial charge in [-0.05, 0) is 17.7 Å². The molecule has 0 radical (unpaired) electrons. The van der Waals surface area contributed by atoms with Crippen LogP contribution in [0.5, 0.6) is 5.75 Å². The molecule has 2 N–H and O–H groups in total. The summed E-state index contributed by atoms with van der Waals surface area (Å²) in [5.74, 6) is 0.507. The first-order chi connectivity index (χ1) is 10.5. The molecule has 1 heterocycles. The Morgan fingerprint density at radius 1 is 1.36 bits per heavy atom. The topological polar surface area (TPSA) is 75.9 Å². The summed E-state index contributed by atoms with van der Waals surface area (Å²) in [6.45, 7) is 4.21. The van der Waals surface area contributed by atoms with E-state index in [0.717, 1.165) is 17.9 Å². The van der Waals surface area contributed by atoms with Crippen molar-refractivity contribution in [2.45, 2.75) is 25.9 Å². The first kappa shape index (κ1) is 16.3. The summed E-state index contributed by atoms with van der Waals surface area (Å²) in [7, 11) is 1.64. The van der Waals surface area contributed by atoms with Crippen LogP contribution < -0.4 is 10.5 Å². The number of amides is 2. The van der Waals surface area contributed by atoms with Gasteiger partial charge in [0.2, 0.25) is 11.8 Å². The number of carbonyl (C=O) groups excluding carboxylic acids is 2. The maximum atomic E-state index is 11.6. The summed E-state index contributed by atoms with van der Waals surface area (Å²) in [6.07, 6.45) is 0.258. The van der Waals surface area contributed by atoms with Crippen molar-refractivity contribution in [2.24, 2.45) is 5.73 Å². The van der Waals surface area contributed by atoms with E-state index in [2.05, 4.69) is 4.90 Å². The van der Waals surface area contributed by atoms with Crippen molar-refractivity contribution in [3.05, 3.63) is 29.8 Å². The second-order valence-corrected chi connectivity index (χ2v) is 5.61. The highest BCUT2D eigenvalue weighted by Gasteiger charge is 2.29. The van der Waals surface area contributed by atoms with Crippen molar-refractivity contribution in [1.29, 1.82) is 0 Å². The SMILES string of the molecule is COc1cccc(CN2CCN(C(C)=O)CC2CC(N)=O)c1. The molecule has 1 fully saturated rings. The Bertz CT molecular complexity index is 547. The lowest BCUT2D eigenvalue weighted by molar-refractivity contribution is -0.133. The molecule has 1 aromatic rings. The highest BCUT2D eigenvalue weighted by atomic mass is 16.5. The third-order valence-electron chi connectivity index (χ3n) is 4.01. The lowest BCUT2D eigenvalue weighted by atomic mass is 10.1. The number of rotatable bonds is 5. The zero-order valence-electron chi connectivity index (χ0n) is 13.1. The van der Waals surface area contributed by atoms with Crippen LogP contribution in [0.25, 0.3) is 0 Å². The lowest BCUT2D eigenvalue weighted by Gasteiger charge is -2.40. The first-order valence-electron chi connectivity index (χ1n) is 7.40. The van der Waals surface area contributed by atoms with Gasteiger partial charge in [-0.2, -0.15) is 0 Å². The number of carbonyl (C=O) groups is 2. The third-order valence-corrected chi connectivity index (χ3v) is 4.01. The number of ether oxygens (including phenoxy) is 1. The number of methoxy groups -OCH3 is 1. The fourth-order valence-electron chi connectivity index (χ4n) is 2.82. The number of primary amides is 1. The molecule has 120 valence electrons. The molecule has 0 bridgehead atoms. The highest BCUT2D eigenvalue weighted by Crippen LogP contribution is 2.19. The van der Waals surface area contributed by atoms with E-state index in [9.17, 15) is 9.59 Å². The molecule has 0 saturated carbocycles. The van der Waals surface area contributed by atoms with Crippen LogP contribution in [0.1, 0.15) is 18.9 Å². The monoisotopic (exact) mass is 305 g/mol. The Labute approximate surface area is 130 Å². The van der Waals surface area contributed by atoms with Gasteiger partial charge in [-0.3, -0.25) is 14.5 Å². The summed E-state index contributed by atoms with van der Waals surface area (Å²) in [5, 5.41) is 0. The van der Waals surface area contributed by atoms with E-state index in [0.29, 0.717) is 19.6 Å². The minimum absolute atomic E-state index is 0.0375. The standard InChI is InChI=1S/C16H23N3O3/c1-12(20)18-6-7-19(14(11-18)9-16(17)21)10-13-4-3-5-15(8-13)22-2/h3-5,8,14H,6-7,9-11H2,1-2H3,(H2,17,21). The Morgan fingerprint density at radius 3 is 2.77 bits per heavy atom. The molecule has 6 heteroatoms. The molecule has 2 rings (SSSR count). The number of piperazine rings is 1. The van der Waals surface area contributed by atoms with Crippen LogP contribution in [-0.4, -0.2) is 54.4 Å². The van der Waals surface area contributed by atoms with Gasteiger partial charge in [0.05, 0.1) is 7.11 Å². The van der Waals surface area contributed by atoms with E-state index in [4.69, 9.17) is 10.5 Å². The molecule has 6 nitrogen and oxygen atoms in total. The molecule has 2 amide bonds. The van der Waals surface area contributed by atoms with E-state index < -0.39 is 0 Å². The minimum atomic E-state index is -0.342. The molecule has 0 aromatic heterocycles. The van der Waals surface area contributed by atoms with Crippen molar-refractivity contribution in [1.82, 2.24) is 9.80 Å².